The quantitative estimate of drug-likeness (QED) is 0.811. The maximum Gasteiger partial charge on any atom is 0.125 e. The van der Waals surface area contributed by atoms with Crippen LogP contribution >= 0.6 is 11.8 Å². The van der Waals surface area contributed by atoms with Gasteiger partial charge in [0.25, 0.3) is 0 Å². The van der Waals surface area contributed by atoms with E-state index in [4.69, 9.17) is 4.74 Å². The average Bonchev–Trinajstić information content (AvgIpc) is 2.91. The van der Waals surface area contributed by atoms with Gasteiger partial charge < -0.3 is 15.2 Å². The first-order chi connectivity index (χ1) is 9.66. The van der Waals surface area contributed by atoms with Crippen molar-refractivity contribution in [2.24, 2.45) is 0 Å². The predicted octanol–water partition coefficient (Wildman–Crippen LogP) is 2.53. The van der Waals surface area contributed by atoms with Gasteiger partial charge in [0.2, 0.25) is 0 Å². The van der Waals surface area contributed by atoms with Gasteiger partial charge in [-0.1, -0.05) is 18.2 Å². The molecule has 1 saturated heterocycles. The molecule has 0 aliphatic carbocycles. The second kappa shape index (κ2) is 7.91. The standard InChI is InChI=1S/C16H25NO2S/c1-12-5-3-6-13(2)16(12)19-11-14(18)9-17-10-15-7-4-8-20-15/h3,5-6,14-15,17-18H,4,7-11H2,1-2H3. The molecule has 1 aromatic rings. The van der Waals surface area contributed by atoms with E-state index in [1.54, 1.807) is 0 Å². The monoisotopic (exact) mass is 295 g/mol. The number of thioether (sulfide) groups is 1. The molecule has 20 heavy (non-hydrogen) atoms. The zero-order valence-electron chi connectivity index (χ0n) is 12.4. The molecule has 0 amide bonds. The Morgan fingerprint density at radius 3 is 2.80 bits per heavy atom. The Kier molecular flexibility index (Phi) is 6.20. The molecule has 1 fully saturated rings. The second-order valence-electron chi connectivity index (χ2n) is 5.48. The number of hydrogen-bond acceptors (Lipinski definition) is 4. The summed E-state index contributed by atoms with van der Waals surface area (Å²) in [5, 5.41) is 14.0. The number of para-hydroxylation sites is 1. The van der Waals surface area contributed by atoms with Crippen LogP contribution in [0.25, 0.3) is 0 Å². The van der Waals surface area contributed by atoms with Gasteiger partial charge in [-0.15, -0.1) is 0 Å². The molecule has 0 bridgehead atoms. The number of rotatable bonds is 7. The van der Waals surface area contributed by atoms with Crippen LogP contribution in [0.5, 0.6) is 5.75 Å². The molecule has 0 saturated carbocycles. The van der Waals surface area contributed by atoms with Crippen LogP contribution in [-0.2, 0) is 0 Å². The summed E-state index contributed by atoms with van der Waals surface area (Å²) in [6, 6.07) is 6.09. The van der Waals surface area contributed by atoms with E-state index in [1.807, 2.05) is 43.8 Å². The lowest BCUT2D eigenvalue weighted by molar-refractivity contribution is 0.106. The van der Waals surface area contributed by atoms with Gasteiger partial charge >= 0.3 is 0 Å². The lowest BCUT2D eigenvalue weighted by atomic mass is 10.1. The number of benzene rings is 1. The topological polar surface area (TPSA) is 41.5 Å². The van der Waals surface area contributed by atoms with Gasteiger partial charge in [-0.25, -0.2) is 0 Å². The Morgan fingerprint density at radius 2 is 2.15 bits per heavy atom. The lowest BCUT2D eigenvalue weighted by Gasteiger charge is -2.17. The maximum absolute atomic E-state index is 9.97. The van der Waals surface area contributed by atoms with Gasteiger partial charge in [0.05, 0.1) is 0 Å². The van der Waals surface area contributed by atoms with E-state index in [1.165, 1.54) is 18.6 Å². The molecular formula is C16H25NO2S. The molecule has 0 aromatic heterocycles. The van der Waals surface area contributed by atoms with E-state index in [0.29, 0.717) is 13.2 Å². The van der Waals surface area contributed by atoms with Crippen molar-refractivity contribution in [3.05, 3.63) is 29.3 Å². The highest BCUT2D eigenvalue weighted by Crippen LogP contribution is 2.25. The van der Waals surface area contributed by atoms with Crippen molar-refractivity contribution in [2.45, 2.75) is 38.0 Å². The Hall–Kier alpha value is -0.710. The summed E-state index contributed by atoms with van der Waals surface area (Å²) in [6.07, 6.45) is 2.17. The highest BCUT2D eigenvalue weighted by atomic mass is 32.2. The van der Waals surface area contributed by atoms with E-state index >= 15 is 0 Å². The van der Waals surface area contributed by atoms with Gasteiger partial charge in [0, 0.05) is 18.3 Å². The number of aliphatic hydroxyl groups is 1. The fourth-order valence-electron chi connectivity index (χ4n) is 2.48. The van der Waals surface area contributed by atoms with Gasteiger partial charge in [-0.3, -0.25) is 0 Å². The van der Waals surface area contributed by atoms with Crippen molar-refractivity contribution in [3.8, 4) is 5.75 Å². The molecule has 3 nitrogen and oxygen atoms in total. The molecule has 2 unspecified atom stereocenters. The van der Waals surface area contributed by atoms with E-state index in [9.17, 15) is 5.11 Å². The third kappa shape index (κ3) is 4.69. The van der Waals surface area contributed by atoms with Gasteiger partial charge in [-0.05, 0) is 43.6 Å². The van der Waals surface area contributed by atoms with Crippen LogP contribution in [0.1, 0.15) is 24.0 Å². The van der Waals surface area contributed by atoms with E-state index in [-0.39, 0.29) is 0 Å². The summed E-state index contributed by atoms with van der Waals surface area (Å²) in [4.78, 5) is 0. The molecule has 2 atom stereocenters. The zero-order valence-corrected chi connectivity index (χ0v) is 13.2. The first-order valence-electron chi connectivity index (χ1n) is 7.36. The third-order valence-corrected chi connectivity index (χ3v) is 5.00. The van der Waals surface area contributed by atoms with Crippen LogP contribution < -0.4 is 10.1 Å². The van der Waals surface area contributed by atoms with Crippen LogP contribution in [0, 0.1) is 13.8 Å². The van der Waals surface area contributed by atoms with Crippen LogP contribution in [-0.4, -0.2) is 41.9 Å². The number of hydrogen-bond donors (Lipinski definition) is 2. The Morgan fingerprint density at radius 1 is 1.40 bits per heavy atom. The zero-order chi connectivity index (χ0) is 14.4. The fraction of sp³-hybridized carbons (Fsp3) is 0.625. The van der Waals surface area contributed by atoms with Crippen LogP contribution in [0.4, 0.5) is 0 Å². The number of aliphatic hydroxyl groups excluding tert-OH is 1. The minimum Gasteiger partial charge on any atom is -0.490 e. The molecule has 1 aliphatic heterocycles. The Labute approximate surface area is 126 Å². The largest absolute Gasteiger partial charge is 0.490 e. The van der Waals surface area contributed by atoms with Gasteiger partial charge in [0.1, 0.15) is 18.5 Å². The Balaban J connectivity index is 1.68. The van der Waals surface area contributed by atoms with Gasteiger partial charge in [0.15, 0.2) is 0 Å². The number of nitrogens with one attached hydrogen (secondary N) is 1. The van der Waals surface area contributed by atoms with E-state index in [2.05, 4.69) is 5.32 Å². The molecule has 1 heterocycles. The molecule has 1 aliphatic rings. The molecule has 2 rings (SSSR count). The van der Waals surface area contributed by atoms with Crippen molar-refractivity contribution in [1.82, 2.24) is 5.32 Å². The van der Waals surface area contributed by atoms with Crippen molar-refractivity contribution >= 4 is 11.8 Å². The van der Waals surface area contributed by atoms with Crippen molar-refractivity contribution in [3.63, 3.8) is 0 Å². The number of aryl methyl sites for hydroxylation is 2. The van der Waals surface area contributed by atoms with E-state index in [0.717, 1.165) is 28.7 Å². The van der Waals surface area contributed by atoms with Crippen LogP contribution in [0.2, 0.25) is 0 Å². The van der Waals surface area contributed by atoms with Crippen LogP contribution in [0.15, 0.2) is 18.2 Å². The lowest BCUT2D eigenvalue weighted by Crippen LogP contribution is -2.34. The summed E-state index contributed by atoms with van der Waals surface area (Å²) in [7, 11) is 0. The molecular weight excluding hydrogens is 270 g/mol. The predicted molar refractivity (Wildman–Crippen MR) is 85.8 cm³/mol. The van der Waals surface area contributed by atoms with Gasteiger partial charge in [-0.2, -0.15) is 11.8 Å². The normalized spacial score (nSPS) is 20.1. The minimum absolute atomic E-state index is 0.344. The molecule has 1 aromatic carbocycles. The summed E-state index contributed by atoms with van der Waals surface area (Å²) in [5.74, 6) is 2.18. The first-order valence-corrected chi connectivity index (χ1v) is 8.41. The molecule has 0 radical (unpaired) electrons. The summed E-state index contributed by atoms with van der Waals surface area (Å²) < 4.78 is 5.76. The Bertz CT molecular complexity index is 399. The van der Waals surface area contributed by atoms with Crippen molar-refractivity contribution in [2.75, 3.05) is 25.4 Å². The fourth-order valence-corrected chi connectivity index (χ4v) is 3.72. The van der Waals surface area contributed by atoms with Crippen LogP contribution in [0.3, 0.4) is 0 Å². The highest BCUT2D eigenvalue weighted by molar-refractivity contribution is 8.00. The average molecular weight is 295 g/mol. The molecule has 4 heteroatoms. The molecule has 112 valence electrons. The van der Waals surface area contributed by atoms with E-state index < -0.39 is 6.10 Å². The second-order valence-corrected chi connectivity index (χ2v) is 6.89. The third-order valence-electron chi connectivity index (χ3n) is 3.60. The summed E-state index contributed by atoms with van der Waals surface area (Å²) >= 11 is 2.03. The minimum atomic E-state index is -0.458. The molecule has 2 N–H and O–H groups in total. The smallest absolute Gasteiger partial charge is 0.125 e. The highest BCUT2D eigenvalue weighted by Gasteiger charge is 2.15. The summed E-state index contributed by atoms with van der Waals surface area (Å²) in [5.41, 5.74) is 2.24. The molecule has 0 spiro atoms. The van der Waals surface area contributed by atoms with Crippen molar-refractivity contribution < 1.29 is 9.84 Å². The maximum atomic E-state index is 9.97. The first kappa shape index (κ1) is 15.7. The summed E-state index contributed by atoms with van der Waals surface area (Å²) in [6.45, 7) is 6.00. The van der Waals surface area contributed by atoms with Crippen molar-refractivity contribution in [1.29, 1.82) is 0 Å². The number of ether oxygens (including phenoxy) is 1. The SMILES string of the molecule is Cc1cccc(C)c1OCC(O)CNCC1CCCS1.